The fourth-order valence-corrected chi connectivity index (χ4v) is 2.38. The zero-order chi connectivity index (χ0) is 17.6. The second kappa shape index (κ2) is 7.57. The fourth-order valence-electron chi connectivity index (χ4n) is 2.38. The molecular weight excluding hydrogens is 300 g/mol. The van der Waals surface area contributed by atoms with Crippen molar-refractivity contribution in [3.8, 4) is 23.7 Å². The first-order valence-corrected chi connectivity index (χ1v) is 8.38. The fraction of sp³-hybridized carbons (Fsp3) is 0.120. The van der Waals surface area contributed by atoms with Gasteiger partial charge in [-0.05, 0) is 80.4 Å². The number of hydrogen-bond donors (Lipinski definition) is 0. The van der Waals surface area contributed by atoms with Crippen LogP contribution in [-0.2, 0) is 0 Å². The standard InChI is InChI=1S/C25H20/c1-19-4-7-22(8-5-19)10-11-23-12-14-24(15-13-23)16-17-25-9-6-20(2)21(3)18-25/h4-9,12-15,18H,1-3H3. The molecule has 0 saturated carbocycles. The highest BCUT2D eigenvalue weighted by Gasteiger charge is 1.93. The SMILES string of the molecule is Cc1ccc(C#Cc2ccc(C#Cc3ccc(C)c(C)c3)cc2)cc1. The lowest BCUT2D eigenvalue weighted by atomic mass is 10.1. The predicted molar refractivity (Wildman–Crippen MR) is 105 cm³/mol. The first-order chi connectivity index (χ1) is 12.1. The van der Waals surface area contributed by atoms with Crippen molar-refractivity contribution < 1.29 is 0 Å². The van der Waals surface area contributed by atoms with Crippen LogP contribution in [0.15, 0.2) is 66.7 Å². The summed E-state index contributed by atoms with van der Waals surface area (Å²) in [5.74, 6) is 12.8. The lowest BCUT2D eigenvalue weighted by Crippen LogP contribution is -1.83. The quantitative estimate of drug-likeness (QED) is 0.486. The van der Waals surface area contributed by atoms with E-state index >= 15 is 0 Å². The molecule has 120 valence electrons. The van der Waals surface area contributed by atoms with Gasteiger partial charge in [0, 0.05) is 22.3 Å². The lowest BCUT2D eigenvalue weighted by molar-refractivity contribution is 1.33. The number of aryl methyl sites for hydroxylation is 3. The van der Waals surface area contributed by atoms with E-state index in [0.29, 0.717) is 0 Å². The summed E-state index contributed by atoms with van der Waals surface area (Å²) in [6.45, 7) is 6.31. The molecule has 0 N–H and O–H groups in total. The van der Waals surface area contributed by atoms with Crippen molar-refractivity contribution in [1.82, 2.24) is 0 Å². The highest BCUT2D eigenvalue weighted by atomic mass is 14.0. The Morgan fingerprint density at radius 1 is 0.440 bits per heavy atom. The molecule has 0 radical (unpaired) electrons. The summed E-state index contributed by atoms with van der Waals surface area (Å²) < 4.78 is 0. The monoisotopic (exact) mass is 320 g/mol. The van der Waals surface area contributed by atoms with Gasteiger partial charge < -0.3 is 0 Å². The average Bonchev–Trinajstić information content (AvgIpc) is 2.63. The van der Waals surface area contributed by atoms with Gasteiger partial charge in [-0.1, -0.05) is 47.4 Å². The lowest BCUT2D eigenvalue weighted by Gasteiger charge is -1.98. The minimum atomic E-state index is 0.998. The highest BCUT2D eigenvalue weighted by molar-refractivity contribution is 5.48. The van der Waals surface area contributed by atoms with Crippen LogP contribution >= 0.6 is 0 Å². The van der Waals surface area contributed by atoms with Crippen LogP contribution in [0, 0.1) is 44.5 Å². The molecule has 0 bridgehead atoms. The van der Waals surface area contributed by atoms with Gasteiger partial charge in [-0.3, -0.25) is 0 Å². The molecule has 0 amide bonds. The van der Waals surface area contributed by atoms with Crippen molar-refractivity contribution >= 4 is 0 Å². The molecule has 25 heavy (non-hydrogen) atoms. The van der Waals surface area contributed by atoms with Crippen LogP contribution in [0.5, 0.6) is 0 Å². The molecule has 0 aliphatic rings. The van der Waals surface area contributed by atoms with Crippen LogP contribution in [0.3, 0.4) is 0 Å². The minimum absolute atomic E-state index is 0.998. The molecule has 0 unspecified atom stereocenters. The maximum absolute atomic E-state index is 3.23. The molecule has 0 heterocycles. The van der Waals surface area contributed by atoms with Crippen molar-refractivity contribution in [1.29, 1.82) is 0 Å². The topological polar surface area (TPSA) is 0 Å². The molecule has 0 aliphatic carbocycles. The largest absolute Gasteiger partial charge is 0.0617 e. The van der Waals surface area contributed by atoms with Gasteiger partial charge in [0.05, 0.1) is 0 Å². The smallest absolute Gasteiger partial charge is 0.0251 e. The van der Waals surface area contributed by atoms with Gasteiger partial charge in [-0.2, -0.15) is 0 Å². The van der Waals surface area contributed by atoms with Crippen LogP contribution < -0.4 is 0 Å². The summed E-state index contributed by atoms with van der Waals surface area (Å²) in [4.78, 5) is 0. The van der Waals surface area contributed by atoms with Gasteiger partial charge in [-0.15, -0.1) is 0 Å². The van der Waals surface area contributed by atoms with E-state index in [-0.39, 0.29) is 0 Å². The average molecular weight is 320 g/mol. The van der Waals surface area contributed by atoms with Crippen LogP contribution in [0.1, 0.15) is 38.9 Å². The summed E-state index contributed by atoms with van der Waals surface area (Å²) in [7, 11) is 0. The van der Waals surface area contributed by atoms with Gasteiger partial charge >= 0.3 is 0 Å². The van der Waals surface area contributed by atoms with E-state index in [1.165, 1.54) is 16.7 Å². The van der Waals surface area contributed by atoms with Gasteiger partial charge in [0.2, 0.25) is 0 Å². The Bertz CT molecular complexity index is 996. The Balaban J connectivity index is 1.74. The predicted octanol–water partition coefficient (Wildman–Crippen LogP) is 5.41. The summed E-state index contributed by atoms with van der Waals surface area (Å²) in [5.41, 5.74) is 7.89. The Morgan fingerprint density at radius 2 is 0.840 bits per heavy atom. The first-order valence-electron chi connectivity index (χ1n) is 8.38. The molecule has 0 saturated heterocycles. The molecule has 3 aromatic rings. The van der Waals surface area contributed by atoms with Crippen molar-refractivity contribution in [2.75, 3.05) is 0 Å². The molecule has 0 aromatic heterocycles. The van der Waals surface area contributed by atoms with Crippen molar-refractivity contribution in [3.05, 3.63) is 106 Å². The van der Waals surface area contributed by atoms with Crippen molar-refractivity contribution in [2.24, 2.45) is 0 Å². The minimum Gasteiger partial charge on any atom is -0.0617 e. The molecule has 0 atom stereocenters. The van der Waals surface area contributed by atoms with E-state index in [1.54, 1.807) is 0 Å². The molecule has 0 nitrogen and oxygen atoms in total. The molecule has 0 fully saturated rings. The Morgan fingerprint density at radius 3 is 1.32 bits per heavy atom. The van der Waals surface area contributed by atoms with E-state index in [1.807, 2.05) is 36.4 Å². The normalized spacial score (nSPS) is 9.56. The van der Waals surface area contributed by atoms with Crippen molar-refractivity contribution in [3.63, 3.8) is 0 Å². The zero-order valence-corrected chi connectivity index (χ0v) is 14.9. The molecule has 0 spiro atoms. The molecular formula is C25H20. The van der Waals surface area contributed by atoms with Gasteiger partial charge in [0.25, 0.3) is 0 Å². The summed E-state index contributed by atoms with van der Waals surface area (Å²) in [6, 6.07) is 22.6. The summed E-state index contributed by atoms with van der Waals surface area (Å²) in [6.07, 6.45) is 0. The second-order valence-electron chi connectivity index (χ2n) is 6.24. The van der Waals surface area contributed by atoms with E-state index < -0.39 is 0 Å². The van der Waals surface area contributed by atoms with Crippen LogP contribution in [0.2, 0.25) is 0 Å². The summed E-state index contributed by atoms with van der Waals surface area (Å²) >= 11 is 0. The Labute approximate surface area is 150 Å². The van der Waals surface area contributed by atoms with Crippen molar-refractivity contribution in [2.45, 2.75) is 20.8 Å². The van der Waals surface area contributed by atoms with Gasteiger partial charge in [-0.25, -0.2) is 0 Å². The Hall–Kier alpha value is -3.22. The van der Waals surface area contributed by atoms with Crippen LogP contribution in [0.4, 0.5) is 0 Å². The maximum Gasteiger partial charge on any atom is 0.0251 e. The molecule has 0 aliphatic heterocycles. The van der Waals surface area contributed by atoms with Crippen LogP contribution in [-0.4, -0.2) is 0 Å². The number of rotatable bonds is 0. The first kappa shape index (κ1) is 16.6. The third-order valence-corrected chi connectivity index (χ3v) is 4.15. The van der Waals surface area contributed by atoms with E-state index in [4.69, 9.17) is 0 Å². The third kappa shape index (κ3) is 4.63. The Kier molecular flexibility index (Phi) is 5.03. The molecule has 3 rings (SSSR count). The second-order valence-corrected chi connectivity index (χ2v) is 6.24. The number of benzene rings is 3. The maximum atomic E-state index is 3.23. The number of hydrogen-bond acceptors (Lipinski definition) is 0. The molecule has 0 heteroatoms. The van der Waals surface area contributed by atoms with Gasteiger partial charge in [0.1, 0.15) is 0 Å². The van der Waals surface area contributed by atoms with E-state index in [2.05, 4.69) is 74.8 Å². The molecule has 3 aromatic carbocycles. The van der Waals surface area contributed by atoms with E-state index in [9.17, 15) is 0 Å². The van der Waals surface area contributed by atoms with E-state index in [0.717, 1.165) is 22.3 Å². The zero-order valence-electron chi connectivity index (χ0n) is 14.9. The highest BCUT2D eigenvalue weighted by Crippen LogP contribution is 2.09. The third-order valence-electron chi connectivity index (χ3n) is 4.15. The van der Waals surface area contributed by atoms with Gasteiger partial charge in [0.15, 0.2) is 0 Å². The summed E-state index contributed by atoms with van der Waals surface area (Å²) in [5, 5.41) is 0. The van der Waals surface area contributed by atoms with Crippen LogP contribution in [0.25, 0.3) is 0 Å².